The monoisotopic (exact) mass is 266 g/mol. The predicted octanol–water partition coefficient (Wildman–Crippen LogP) is 1.99. The molecule has 96 valence electrons. The smallest absolute Gasteiger partial charge is 0.238 e. The van der Waals surface area contributed by atoms with Gasteiger partial charge in [-0.25, -0.2) is 0 Å². The lowest BCUT2D eigenvalue weighted by Crippen LogP contribution is -2.35. The van der Waals surface area contributed by atoms with Crippen LogP contribution in [0.2, 0.25) is 0 Å². The Morgan fingerprint density at radius 3 is 2.89 bits per heavy atom. The minimum Gasteiger partial charge on any atom is -0.382 e. The highest BCUT2D eigenvalue weighted by Crippen LogP contribution is 2.15. The highest BCUT2D eigenvalue weighted by Gasteiger charge is 2.17. The molecule has 0 heterocycles. The number of ether oxygens (including phenoxy) is 1. The fraction of sp³-hybridized carbons (Fsp3) is 0.385. The Balaban J connectivity index is 2.90. The van der Waals surface area contributed by atoms with Crippen LogP contribution in [0.4, 0.5) is 0 Å². The number of amides is 1. The fourth-order valence-corrected chi connectivity index (χ4v) is 1.56. The Bertz CT molecular complexity index is 455. The van der Waals surface area contributed by atoms with Crippen molar-refractivity contribution in [1.82, 2.24) is 5.32 Å². The van der Waals surface area contributed by atoms with Crippen molar-refractivity contribution in [2.75, 3.05) is 13.7 Å². The molecule has 1 aromatic rings. The molecule has 2 unspecified atom stereocenters. The maximum atomic E-state index is 11.6. The molecule has 0 aliphatic rings. The minimum atomic E-state index is -0.608. The van der Waals surface area contributed by atoms with Gasteiger partial charge in [0.25, 0.3) is 0 Å². The van der Waals surface area contributed by atoms with Crippen molar-refractivity contribution in [3.63, 3.8) is 0 Å². The number of nitriles is 1. The van der Waals surface area contributed by atoms with E-state index in [0.29, 0.717) is 12.2 Å². The van der Waals surface area contributed by atoms with Gasteiger partial charge in [-0.2, -0.15) is 5.26 Å². The normalized spacial score (nSPS) is 13.4. The van der Waals surface area contributed by atoms with Crippen LogP contribution in [0.15, 0.2) is 24.3 Å². The highest BCUT2D eigenvalue weighted by atomic mass is 35.5. The van der Waals surface area contributed by atoms with Crippen LogP contribution in [0.5, 0.6) is 0 Å². The van der Waals surface area contributed by atoms with E-state index in [1.807, 2.05) is 6.07 Å². The number of hydrogen-bond donors (Lipinski definition) is 1. The summed E-state index contributed by atoms with van der Waals surface area (Å²) in [5.74, 6) is -0.263. The van der Waals surface area contributed by atoms with E-state index in [0.717, 1.165) is 5.56 Å². The zero-order chi connectivity index (χ0) is 13.5. The number of carbonyl (C=O) groups excluding carboxylic acids is 1. The van der Waals surface area contributed by atoms with E-state index in [1.54, 1.807) is 32.2 Å². The second kappa shape index (κ2) is 7.00. The lowest BCUT2D eigenvalue weighted by atomic mass is 10.0. The molecule has 18 heavy (non-hydrogen) atoms. The number of nitrogens with one attached hydrogen (secondary N) is 1. The summed E-state index contributed by atoms with van der Waals surface area (Å²) < 4.78 is 5.07. The zero-order valence-electron chi connectivity index (χ0n) is 10.3. The minimum absolute atomic E-state index is 0.263. The second-order valence-corrected chi connectivity index (χ2v) is 4.52. The van der Waals surface area contributed by atoms with E-state index >= 15 is 0 Å². The van der Waals surface area contributed by atoms with Crippen molar-refractivity contribution < 1.29 is 9.53 Å². The van der Waals surface area contributed by atoms with Gasteiger partial charge in [0, 0.05) is 7.11 Å². The van der Waals surface area contributed by atoms with Gasteiger partial charge in [0.05, 0.1) is 24.3 Å². The molecule has 1 N–H and O–H groups in total. The highest BCUT2D eigenvalue weighted by molar-refractivity contribution is 6.30. The van der Waals surface area contributed by atoms with Gasteiger partial charge in [-0.3, -0.25) is 4.79 Å². The van der Waals surface area contributed by atoms with E-state index in [2.05, 4.69) is 11.4 Å². The van der Waals surface area contributed by atoms with Crippen molar-refractivity contribution in [3.05, 3.63) is 35.4 Å². The third kappa shape index (κ3) is 4.02. The van der Waals surface area contributed by atoms with Gasteiger partial charge >= 0.3 is 0 Å². The molecule has 1 rings (SSSR count). The van der Waals surface area contributed by atoms with Crippen molar-refractivity contribution in [1.29, 1.82) is 5.26 Å². The first kappa shape index (κ1) is 14.5. The largest absolute Gasteiger partial charge is 0.382 e. The van der Waals surface area contributed by atoms with Gasteiger partial charge in [-0.1, -0.05) is 12.1 Å². The summed E-state index contributed by atoms with van der Waals surface area (Å²) in [4.78, 5) is 11.6. The Kier molecular flexibility index (Phi) is 5.63. The van der Waals surface area contributed by atoms with Crippen LogP contribution >= 0.6 is 11.6 Å². The summed E-state index contributed by atoms with van der Waals surface area (Å²) >= 11 is 5.71. The molecule has 0 spiro atoms. The average molecular weight is 267 g/mol. The molecular weight excluding hydrogens is 252 g/mol. The summed E-state index contributed by atoms with van der Waals surface area (Å²) in [6.07, 6.45) is 0. The van der Waals surface area contributed by atoms with Crippen molar-refractivity contribution in [2.45, 2.75) is 18.3 Å². The van der Waals surface area contributed by atoms with Gasteiger partial charge in [0.1, 0.15) is 5.38 Å². The number of carbonyl (C=O) groups is 1. The van der Waals surface area contributed by atoms with E-state index in [1.165, 1.54) is 0 Å². The van der Waals surface area contributed by atoms with Crippen LogP contribution in [0.3, 0.4) is 0 Å². The Hall–Kier alpha value is -1.57. The SMILES string of the molecule is COCC(NC(=O)C(C)Cl)c1cccc(C#N)c1. The molecule has 0 aromatic heterocycles. The first-order valence-electron chi connectivity index (χ1n) is 5.52. The molecule has 0 saturated heterocycles. The topological polar surface area (TPSA) is 62.1 Å². The first-order chi connectivity index (χ1) is 8.58. The first-order valence-corrected chi connectivity index (χ1v) is 5.95. The summed E-state index contributed by atoms with van der Waals surface area (Å²) in [5.41, 5.74) is 1.36. The Morgan fingerprint density at radius 1 is 1.61 bits per heavy atom. The Morgan fingerprint density at radius 2 is 2.33 bits per heavy atom. The zero-order valence-corrected chi connectivity index (χ0v) is 11.1. The number of nitrogens with zero attached hydrogens (tertiary/aromatic N) is 1. The van der Waals surface area contributed by atoms with Gasteiger partial charge in [0.2, 0.25) is 5.91 Å². The van der Waals surface area contributed by atoms with Crippen LogP contribution in [0.1, 0.15) is 24.1 Å². The van der Waals surface area contributed by atoms with Crippen molar-refractivity contribution >= 4 is 17.5 Å². The molecule has 5 heteroatoms. The molecule has 0 bridgehead atoms. The van der Waals surface area contributed by atoms with E-state index in [4.69, 9.17) is 21.6 Å². The average Bonchev–Trinajstić information content (AvgIpc) is 2.38. The molecule has 1 amide bonds. The lowest BCUT2D eigenvalue weighted by Gasteiger charge is -2.19. The molecule has 0 saturated carbocycles. The summed E-state index contributed by atoms with van der Waals surface area (Å²) in [6, 6.07) is 8.79. The number of alkyl halides is 1. The maximum absolute atomic E-state index is 11.6. The quantitative estimate of drug-likeness (QED) is 0.829. The van der Waals surface area contributed by atoms with Crippen LogP contribution in [0, 0.1) is 11.3 Å². The standard InChI is InChI=1S/C13H15ClN2O2/c1-9(14)13(17)16-12(8-18-2)11-5-3-4-10(6-11)7-15/h3-6,9,12H,8H2,1-2H3,(H,16,17). The fourth-order valence-electron chi connectivity index (χ4n) is 1.50. The molecule has 0 aliphatic heterocycles. The van der Waals surface area contributed by atoms with Gasteiger partial charge < -0.3 is 10.1 Å². The van der Waals surface area contributed by atoms with E-state index in [9.17, 15) is 4.79 Å². The lowest BCUT2D eigenvalue weighted by molar-refractivity contribution is -0.121. The number of halogens is 1. The van der Waals surface area contributed by atoms with Gasteiger partial charge in [-0.05, 0) is 24.6 Å². The third-order valence-electron chi connectivity index (χ3n) is 2.43. The van der Waals surface area contributed by atoms with Crippen molar-refractivity contribution in [2.24, 2.45) is 0 Å². The molecule has 0 fully saturated rings. The number of benzene rings is 1. The second-order valence-electron chi connectivity index (χ2n) is 3.87. The summed E-state index contributed by atoms with van der Waals surface area (Å²) in [5, 5.41) is 11.0. The molecule has 4 nitrogen and oxygen atoms in total. The number of methoxy groups -OCH3 is 1. The third-order valence-corrected chi connectivity index (χ3v) is 2.63. The van der Waals surface area contributed by atoms with Gasteiger partial charge in [-0.15, -0.1) is 11.6 Å². The molecule has 0 aliphatic carbocycles. The van der Waals surface area contributed by atoms with Crippen LogP contribution in [-0.4, -0.2) is 25.0 Å². The molecular formula is C13H15ClN2O2. The number of rotatable bonds is 5. The number of hydrogen-bond acceptors (Lipinski definition) is 3. The van der Waals surface area contributed by atoms with Gasteiger partial charge in [0.15, 0.2) is 0 Å². The molecule has 1 aromatic carbocycles. The van der Waals surface area contributed by atoms with E-state index in [-0.39, 0.29) is 11.9 Å². The molecule has 2 atom stereocenters. The summed E-state index contributed by atoms with van der Waals surface area (Å²) in [6.45, 7) is 1.93. The predicted molar refractivity (Wildman–Crippen MR) is 69.2 cm³/mol. The van der Waals surface area contributed by atoms with E-state index < -0.39 is 5.38 Å². The van der Waals surface area contributed by atoms with Crippen LogP contribution < -0.4 is 5.32 Å². The molecule has 0 radical (unpaired) electrons. The van der Waals surface area contributed by atoms with Crippen molar-refractivity contribution in [3.8, 4) is 6.07 Å². The maximum Gasteiger partial charge on any atom is 0.238 e. The Labute approximate surface area is 112 Å². The van der Waals surface area contributed by atoms with Crippen LogP contribution in [-0.2, 0) is 9.53 Å². The summed E-state index contributed by atoms with van der Waals surface area (Å²) in [7, 11) is 1.55. The van der Waals surface area contributed by atoms with Crippen LogP contribution in [0.25, 0.3) is 0 Å².